The fourth-order valence-electron chi connectivity index (χ4n) is 2.60. The monoisotopic (exact) mass is 390 g/mol. The summed E-state index contributed by atoms with van der Waals surface area (Å²) in [4.78, 5) is 20.9. The first kappa shape index (κ1) is 18.3. The number of aryl methyl sites for hydroxylation is 2. The van der Waals surface area contributed by atoms with Gasteiger partial charge < -0.3 is 9.88 Å². The molecule has 3 aromatic rings. The van der Waals surface area contributed by atoms with Crippen LogP contribution in [0.4, 0.5) is 5.13 Å². The second-order valence-electron chi connectivity index (χ2n) is 5.99. The molecular formula is C17H18N4O3S2. The number of rotatable bonds is 4. The molecule has 7 nitrogen and oxygen atoms in total. The maximum absolute atomic E-state index is 12.2. The van der Waals surface area contributed by atoms with Crippen LogP contribution in [0.25, 0.3) is 16.1 Å². The number of benzene rings is 1. The van der Waals surface area contributed by atoms with Crippen LogP contribution in [-0.2, 0) is 14.6 Å². The van der Waals surface area contributed by atoms with E-state index in [0.29, 0.717) is 10.8 Å². The number of nitrogens with one attached hydrogen (secondary N) is 1. The molecule has 1 N–H and O–H groups in total. The molecule has 2 heterocycles. The number of thiazole rings is 1. The molecule has 0 spiro atoms. The summed E-state index contributed by atoms with van der Waals surface area (Å²) in [6, 6.07) is 5.14. The summed E-state index contributed by atoms with van der Waals surface area (Å²) in [7, 11) is -3.41. The lowest BCUT2D eigenvalue weighted by Gasteiger charge is -2.11. The van der Waals surface area contributed by atoms with Crippen molar-refractivity contribution in [1.29, 1.82) is 0 Å². The molecule has 0 saturated heterocycles. The molecule has 9 heteroatoms. The minimum absolute atomic E-state index is 0.188. The number of carbonyl (C=O) groups is 1. The molecule has 0 aliphatic heterocycles. The molecule has 3 rings (SSSR count). The van der Waals surface area contributed by atoms with Gasteiger partial charge in [-0.2, -0.15) is 0 Å². The van der Waals surface area contributed by atoms with Gasteiger partial charge in [-0.25, -0.2) is 18.4 Å². The Morgan fingerprint density at radius 1 is 1.27 bits per heavy atom. The highest BCUT2D eigenvalue weighted by Crippen LogP contribution is 2.35. The van der Waals surface area contributed by atoms with E-state index in [4.69, 9.17) is 0 Å². The van der Waals surface area contributed by atoms with E-state index < -0.39 is 9.84 Å². The van der Waals surface area contributed by atoms with Crippen molar-refractivity contribution >= 4 is 32.2 Å². The Hall–Kier alpha value is -2.52. The van der Waals surface area contributed by atoms with E-state index in [-0.39, 0.29) is 10.8 Å². The zero-order valence-electron chi connectivity index (χ0n) is 14.8. The van der Waals surface area contributed by atoms with E-state index in [1.165, 1.54) is 24.5 Å². The Morgan fingerprint density at radius 2 is 2.00 bits per heavy atom. The second-order valence-corrected chi connectivity index (χ2v) is 8.97. The Kier molecular flexibility index (Phi) is 4.68. The quantitative estimate of drug-likeness (QED) is 0.739. The summed E-state index contributed by atoms with van der Waals surface area (Å²) in [6.45, 7) is 5.12. The Bertz CT molecular complexity index is 1100. The number of anilines is 1. The first-order valence-electron chi connectivity index (χ1n) is 7.75. The molecule has 0 atom stereocenters. The van der Waals surface area contributed by atoms with Crippen molar-refractivity contribution in [3.8, 4) is 16.1 Å². The van der Waals surface area contributed by atoms with Crippen molar-refractivity contribution in [2.45, 2.75) is 25.7 Å². The maximum atomic E-state index is 12.2. The molecule has 0 bridgehead atoms. The minimum atomic E-state index is -3.41. The van der Waals surface area contributed by atoms with Gasteiger partial charge in [0.1, 0.15) is 0 Å². The first-order chi connectivity index (χ1) is 12.1. The van der Waals surface area contributed by atoms with E-state index in [2.05, 4.69) is 15.3 Å². The average Bonchev–Trinajstić information content (AvgIpc) is 3.11. The van der Waals surface area contributed by atoms with Crippen LogP contribution in [0.15, 0.2) is 35.6 Å². The van der Waals surface area contributed by atoms with Gasteiger partial charge in [0.15, 0.2) is 15.0 Å². The van der Waals surface area contributed by atoms with Crippen LogP contribution in [0.2, 0.25) is 0 Å². The lowest BCUT2D eigenvalue weighted by Crippen LogP contribution is -2.04. The third kappa shape index (κ3) is 3.68. The van der Waals surface area contributed by atoms with E-state index in [0.717, 1.165) is 21.8 Å². The molecule has 1 amide bonds. The SMILES string of the molecule is CC(=O)Nc1nc(C)c(-c2ccc(S(C)(=O)=O)c(-n3cnc(C)c3)c2)s1. The van der Waals surface area contributed by atoms with Crippen LogP contribution in [0.5, 0.6) is 0 Å². The third-order valence-corrected chi connectivity index (χ3v) is 5.96. The van der Waals surface area contributed by atoms with Crippen LogP contribution in [0.1, 0.15) is 18.3 Å². The zero-order chi connectivity index (χ0) is 19.1. The lowest BCUT2D eigenvalue weighted by atomic mass is 10.1. The number of imidazole rings is 1. The fraction of sp³-hybridized carbons (Fsp3) is 0.235. The van der Waals surface area contributed by atoms with E-state index >= 15 is 0 Å². The molecule has 1 aromatic carbocycles. The summed E-state index contributed by atoms with van der Waals surface area (Å²) in [5, 5.41) is 3.19. The highest BCUT2D eigenvalue weighted by Gasteiger charge is 2.18. The van der Waals surface area contributed by atoms with Gasteiger partial charge in [0.2, 0.25) is 5.91 Å². The largest absolute Gasteiger partial charge is 0.305 e. The third-order valence-electron chi connectivity index (χ3n) is 3.69. The van der Waals surface area contributed by atoms with Crippen molar-refractivity contribution in [2.75, 3.05) is 11.6 Å². The summed E-state index contributed by atoms with van der Waals surface area (Å²) >= 11 is 1.35. The predicted molar refractivity (Wildman–Crippen MR) is 102 cm³/mol. The Balaban J connectivity index is 2.16. The molecule has 0 fully saturated rings. The fourth-order valence-corrected chi connectivity index (χ4v) is 4.46. The van der Waals surface area contributed by atoms with Crippen molar-refractivity contribution in [1.82, 2.24) is 14.5 Å². The van der Waals surface area contributed by atoms with Gasteiger partial charge in [-0.05, 0) is 31.5 Å². The minimum Gasteiger partial charge on any atom is -0.305 e. The molecule has 2 aromatic heterocycles. The van der Waals surface area contributed by atoms with Gasteiger partial charge in [0, 0.05) is 19.4 Å². The zero-order valence-corrected chi connectivity index (χ0v) is 16.4. The van der Waals surface area contributed by atoms with Gasteiger partial charge in [-0.3, -0.25) is 4.79 Å². The number of nitrogens with zero attached hydrogens (tertiary/aromatic N) is 3. The molecule has 0 aliphatic carbocycles. The number of hydrogen-bond donors (Lipinski definition) is 1. The van der Waals surface area contributed by atoms with Gasteiger partial charge >= 0.3 is 0 Å². The number of hydrogen-bond acceptors (Lipinski definition) is 6. The van der Waals surface area contributed by atoms with Crippen LogP contribution in [-0.4, -0.2) is 35.1 Å². The molecule has 0 aliphatic rings. The lowest BCUT2D eigenvalue weighted by molar-refractivity contribution is -0.114. The topological polar surface area (TPSA) is 94.0 Å². The molecule has 26 heavy (non-hydrogen) atoms. The maximum Gasteiger partial charge on any atom is 0.223 e. The normalized spacial score (nSPS) is 11.5. The molecule has 136 valence electrons. The first-order valence-corrected chi connectivity index (χ1v) is 10.5. The highest BCUT2D eigenvalue weighted by atomic mass is 32.2. The van der Waals surface area contributed by atoms with Gasteiger partial charge in [0.25, 0.3) is 0 Å². The number of sulfone groups is 1. The van der Waals surface area contributed by atoms with Gasteiger partial charge in [-0.1, -0.05) is 17.4 Å². The Morgan fingerprint density at radius 3 is 2.58 bits per heavy atom. The molecule has 0 radical (unpaired) electrons. The number of aromatic nitrogens is 3. The van der Waals surface area contributed by atoms with E-state index in [1.54, 1.807) is 35.3 Å². The van der Waals surface area contributed by atoms with Crippen LogP contribution < -0.4 is 5.32 Å². The smallest absolute Gasteiger partial charge is 0.223 e. The van der Waals surface area contributed by atoms with Crippen LogP contribution in [0, 0.1) is 13.8 Å². The van der Waals surface area contributed by atoms with Crippen LogP contribution >= 0.6 is 11.3 Å². The van der Waals surface area contributed by atoms with E-state index in [9.17, 15) is 13.2 Å². The van der Waals surface area contributed by atoms with Crippen molar-refractivity contribution in [3.63, 3.8) is 0 Å². The predicted octanol–water partition coefficient (Wildman–Crippen LogP) is 2.97. The molecule has 0 unspecified atom stereocenters. The highest BCUT2D eigenvalue weighted by molar-refractivity contribution is 7.90. The van der Waals surface area contributed by atoms with Crippen molar-refractivity contribution in [3.05, 3.63) is 42.1 Å². The number of amides is 1. The van der Waals surface area contributed by atoms with Crippen molar-refractivity contribution < 1.29 is 13.2 Å². The molecular weight excluding hydrogens is 372 g/mol. The van der Waals surface area contributed by atoms with Crippen LogP contribution in [0.3, 0.4) is 0 Å². The average molecular weight is 390 g/mol. The van der Waals surface area contributed by atoms with Gasteiger partial charge in [-0.15, -0.1) is 0 Å². The summed E-state index contributed by atoms with van der Waals surface area (Å²) in [6.07, 6.45) is 4.55. The standard InChI is InChI=1S/C17H18N4O3S2/c1-10-8-21(9-18-10)14-7-13(5-6-15(14)26(4,23)24)16-11(2)19-17(25-16)20-12(3)22/h5-9H,1-4H3,(H,19,20,22). The van der Waals surface area contributed by atoms with E-state index in [1.807, 2.05) is 13.8 Å². The van der Waals surface area contributed by atoms with Crippen molar-refractivity contribution in [2.24, 2.45) is 0 Å². The van der Waals surface area contributed by atoms with Gasteiger partial charge in [0.05, 0.1) is 33.2 Å². The summed E-state index contributed by atoms with van der Waals surface area (Å²) < 4.78 is 26.1. The Labute approximate surface area is 155 Å². The number of carbonyl (C=O) groups excluding carboxylic acids is 1. The summed E-state index contributed by atoms with van der Waals surface area (Å²) in [5.74, 6) is -0.188. The molecule has 0 saturated carbocycles. The second kappa shape index (κ2) is 6.65. The summed E-state index contributed by atoms with van der Waals surface area (Å²) in [5.41, 5.74) is 2.90.